The minimum atomic E-state index is -0.0998. The molecule has 1 unspecified atom stereocenters. The van der Waals surface area contributed by atoms with Gasteiger partial charge < -0.3 is 10.4 Å². The lowest BCUT2D eigenvalue weighted by atomic mass is 10.1. The van der Waals surface area contributed by atoms with Crippen molar-refractivity contribution >= 4 is 21.8 Å². The van der Waals surface area contributed by atoms with Crippen LogP contribution in [0.5, 0.6) is 0 Å². The average molecular weight is 300 g/mol. The van der Waals surface area contributed by atoms with Crippen LogP contribution >= 0.6 is 15.9 Å². The second kappa shape index (κ2) is 6.77. The van der Waals surface area contributed by atoms with E-state index in [0.29, 0.717) is 12.0 Å². The molecule has 0 spiro atoms. The van der Waals surface area contributed by atoms with Crippen molar-refractivity contribution in [3.8, 4) is 0 Å². The van der Waals surface area contributed by atoms with E-state index in [1.807, 2.05) is 26.0 Å². The summed E-state index contributed by atoms with van der Waals surface area (Å²) in [4.78, 5) is 12.0. The summed E-state index contributed by atoms with van der Waals surface area (Å²) >= 11 is 3.39. The van der Waals surface area contributed by atoms with Crippen LogP contribution in [0.2, 0.25) is 0 Å². The molecule has 0 aromatic heterocycles. The van der Waals surface area contributed by atoms with Gasteiger partial charge in [-0.05, 0) is 53.4 Å². The van der Waals surface area contributed by atoms with E-state index in [0.717, 1.165) is 16.5 Å². The Balaban J connectivity index is 2.75. The molecule has 0 saturated heterocycles. The Morgan fingerprint density at radius 3 is 2.76 bits per heavy atom. The second-order valence-electron chi connectivity index (χ2n) is 4.07. The average Bonchev–Trinajstić information content (AvgIpc) is 2.28. The molecule has 0 heterocycles. The van der Waals surface area contributed by atoms with Crippen molar-refractivity contribution in [3.05, 3.63) is 33.8 Å². The van der Waals surface area contributed by atoms with Gasteiger partial charge in [0.15, 0.2) is 0 Å². The molecule has 0 radical (unpaired) electrons. The number of aliphatic hydroxyl groups is 1. The molecular formula is C13H18BrNO2. The molecule has 0 aliphatic heterocycles. The number of carbonyl (C=O) groups is 1. The lowest BCUT2D eigenvalue weighted by Crippen LogP contribution is -2.35. The molecule has 0 aliphatic rings. The van der Waals surface area contributed by atoms with Gasteiger partial charge in [-0.2, -0.15) is 0 Å². The molecule has 0 fully saturated rings. The van der Waals surface area contributed by atoms with Gasteiger partial charge in [-0.15, -0.1) is 0 Å². The number of hydrogen-bond acceptors (Lipinski definition) is 2. The third-order valence-corrected chi connectivity index (χ3v) is 3.33. The van der Waals surface area contributed by atoms with E-state index >= 15 is 0 Å². The third-order valence-electron chi connectivity index (χ3n) is 2.67. The van der Waals surface area contributed by atoms with Crippen molar-refractivity contribution in [2.75, 3.05) is 6.61 Å². The highest BCUT2D eigenvalue weighted by atomic mass is 79.9. The van der Waals surface area contributed by atoms with E-state index in [1.165, 1.54) is 0 Å². The summed E-state index contributed by atoms with van der Waals surface area (Å²) in [6.07, 6.45) is 1.40. The van der Waals surface area contributed by atoms with Gasteiger partial charge in [0.2, 0.25) is 0 Å². The van der Waals surface area contributed by atoms with Gasteiger partial charge >= 0.3 is 0 Å². The van der Waals surface area contributed by atoms with Crippen LogP contribution < -0.4 is 5.32 Å². The molecule has 1 atom stereocenters. The lowest BCUT2D eigenvalue weighted by Gasteiger charge is -2.16. The maximum absolute atomic E-state index is 12.0. The summed E-state index contributed by atoms with van der Waals surface area (Å²) in [5.41, 5.74) is 1.74. The summed E-state index contributed by atoms with van der Waals surface area (Å²) in [6, 6.07) is 5.66. The summed E-state index contributed by atoms with van der Waals surface area (Å²) in [5.74, 6) is -0.0998. The number of amides is 1. The molecule has 94 valence electrons. The van der Waals surface area contributed by atoms with Crippen molar-refractivity contribution in [3.63, 3.8) is 0 Å². The first kappa shape index (κ1) is 14.2. The summed E-state index contributed by atoms with van der Waals surface area (Å²) < 4.78 is 0.800. The molecule has 1 rings (SSSR count). The van der Waals surface area contributed by atoms with Gasteiger partial charge in [0.25, 0.3) is 5.91 Å². The molecule has 0 bridgehead atoms. The first-order chi connectivity index (χ1) is 8.08. The maximum atomic E-state index is 12.0. The number of aliphatic hydroxyl groups excluding tert-OH is 1. The standard InChI is InChI=1S/C13H18BrNO2/c1-3-10(6-7-16)15-13(17)11-5-4-9(2)8-12(11)14/h4-5,8,10,16H,3,6-7H2,1-2H3,(H,15,17). The quantitative estimate of drug-likeness (QED) is 0.878. The molecule has 17 heavy (non-hydrogen) atoms. The van der Waals surface area contributed by atoms with Crippen LogP contribution in [-0.4, -0.2) is 23.7 Å². The van der Waals surface area contributed by atoms with Crippen molar-refractivity contribution < 1.29 is 9.90 Å². The van der Waals surface area contributed by atoms with Crippen molar-refractivity contribution in [2.45, 2.75) is 32.7 Å². The fourth-order valence-electron chi connectivity index (χ4n) is 1.60. The number of hydrogen-bond donors (Lipinski definition) is 2. The fourth-order valence-corrected chi connectivity index (χ4v) is 2.27. The largest absolute Gasteiger partial charge is 0.396 e. The number of carbonyl (C=O) groups excluding carboxylic acids is 1. The number of halogens is 1. The number of aryl methyl sites for hydroxylation is 1. The van der Waals surface area contributed by atoms with Crippen LogP contribution in [0.15, 0.2) is 22.7 Å². The topological polar surface area (TPSA) is 49.3 Å². The Hall–Kier alpha value is -0.870. The van der Waals surface area contributed by atoms with Gasteiger partial charge in [-0.1, -0.05) is 13.0 Å². The van der Waals surface area contributed by atoms with E-state index in [9.17, 15) is 4.79 Å². The molecule has 0 aliphatic carbocycles. The van der Waals surface area contributed by atoms with Crippen LogP contribution in [0.4, 0.5) is 0 Å². The molecule has 1 aromatic carbocycles. The molecule has 2 N–H and O–H groups in total. The van der Waals surface area contributed by atoms with Gasteiger partial charge in [-0.3, -0.25) is 4.79 Å². The number of rotatable bonds is 5. The Labute approximate surface area is 110 Å². The zero-order valence-corrected chi connectivity index (χ0v) is 11.8. The van der Waals surface area contributed by atoms with E-state index in [-0.39, 0.29) is 18.6 Å². The second-order valence-corrected chi connectivity index (χ2v) is 4.93. The minimum Gasteiger partial charge on any atom is -0.396 e. The number of benzene rings is 1. The molecule has 0 saturated carbocycles. The predicted molar refractivity (Wildman–Crippen MR) is 72.1 cm³/mol. The van der Waals surface area contributed by atoms with Crippen LogP contribution in [0.3, 0.4) is 0 Å². The zero-order valence-electron chi connectivity index (χ0n) is 10.2. The van der Waals surface area contributed by atoms with Crippen molar-refractivity contribution in [2.24, 2.45) is 0 Å². The first-order valence-corrected chi connectivity index (χ1v) is 6.55. The maximum Gasteiger partial charge on any atom is 0.252 e. The van der Waals surface area contributed by atoms with E-state index in [1.54, 1.807) is 6.07 Å². The van der Waals surface area contributed by atoms with E-state index in [2.05, 4.69) is 21.2 Å². The molecule has 1 aromatic rings. The molecule has 3 nitrogen and oxygen atoms in total. The normalized spacial score (nSPS) is 12.2. The third kappa shape index (κ3) is 4.13. The SMILES string of the molecule is CCC(CCO)NC(=O)c1ccc(C)cc1Br. The molecular weight excluding hydrogens is 282 g/mol. The smallest absolute Gasteiger partial charge is 0.252 e. The van der Waals surface area contributed by atoms with Crippen molar-refractivity contribution in [1.29, 1.82) is 0 Å². The minimum absolute atomic E-state index is 0.0284. The first-order valence-electron chi connectivity index (χ1n) is 5.76. The summed E-state index contributed by atoms with van der Waals surface area (Å²) in [7, 11) is 0. The van der Waals surface area contributed by atoms with Gasteiger partial charge in [0.1, 0.15) is 0 Å². The highest BCUT2D eigenvalue weighted by Crippen LogP contribution is 2.18. The number of nitrogens with one attached hydrogen (secondary N) is 1. The van der Waals surface area contributed by atoms with Crippen LogP contribution in [-0.2, 0) is 0 Å². The van der Waals surface area contributed by atoms with Gasteiger partial charge in [0.05, 0.1) is 5.56 Å². The molecule has 4 heteroatoms. The van der Waals surface area contributed by atoms with Crippen LogP contribution in [0, 0.1) is 6.92 Å². The molecule has 1 amide bonds. The highest BCUT2D eigenvalue weighted by Gasteiger charge is 2.14. The van der Waals surface area contributed by atoms with E-state index in [4.69, 9.17) is 5.11 Å². The van der Waals surface area contributed by atoms with Crippen molar-refractivity contribution in [1.82, 2.24) is 5.32 Å². The monoisotopic (exact) mass is 299 g/mol. The summed E-state index contributed by atoms with van der Waals surface area (Å²) in [5, 5.41) is 11.8. The highest BCUT2D eigenvalue weighted by molar-refractivity contribution is 9.10. The predicted octanol–water partition coefficient (Wildman–Crippen LogP) is 2.65. The van der Waals surface area contributed by atoms with Crippen LogP contribution in [0.1, 0.15) is 35.7 Å². The Morgan fingerprint density at radius 1 is 1.53 bits per heavy atom. The van der Waals surface area contributed by atoms with Gasteiger partial charge in [0, 0.05) is 17.1 Å². The zero-order chi connectivity index (χ0) is 12.8. The van der Waals surface area contributed by atoms with Gasteiger partial charge in [-0.25, -0.2) is 0 Å². The fraction of sp³-hybridized carbons (Fsp3) is 0.462. The Morgan fingerprint density at radius 2 is 2.24 bits per heavy atom. The Bertz CT molecular complexity index is 393. The van der Waals surface area contributed by atoms with Crippen LogP contribution in [0.25, 0.3) is 0 Å². The Kier molecular flexibility index (Phi) is 5.65. The summed E-state index contributed by atoms with van der Waals surface area (Å²) in [6.45, 7) is 4.06. The lowest BCUT2D eigenvalue weighted by molar-refractivity contribution is 0.0928. The van der Waals surface area contributed by atoms with E-state index < -0.39 is 0 Å².